The Morgan fingerprint density at radius 3 is 3.00 bits per heavy atom. The fourth-order valence-corrected chi connectivity index (χ4v) is 0.874. The summed E-state index contributed by atoms with van der Waals surface area (Å²) in [6, 6.07) is 0. The summed E-state index contributed by atoms with van der Waals surface area (Å²) in [5.74, 6) is 0.843. The maximum Gasteiger partial charge on any atom is 0.147 e. The zero-order chi connectivity index (χ0) is 8.97. The molecule has 1 aromatic rings. The van der Waals surface area contributed by atoms with Gasteiger partial charge >= 0.3 is 0 Å². The normalized spacial score (nSPS) is 9.50. The van der Waals surface area contributed by atoms with Gasteiger partial charge < -0.3 is 5.32 Å². The molecule has 0 saturated heterocycles. The zero-order valence-electron chi connectivity index (χ0n) is 7.46. The highest BCUT2D eigenvalue weighted by Crippen LogP contribution is 2.07. The molecule has 0 amide bonds. The van der Waals surface area contributed by atoms with Crippen LogP contribution in [0, 0.1) is 13.8 Å². The number of hydrogen-bond acceptors (Lipinski definition) is 3. The van der Waals surface area contributed by atoms with Crippen LogP contribution < -0.4 is 5.32 Å². The highest BCUT2D eigenvalue weighted by Gasteiger charge is 1.98. The van der Waals surface area contributed by atoms with Gasteiger partial charge in [0.1, 0.15) is 5.82 Å². The summed E-state index contributed by atoms with van der Waals surface area (Å²) in [4.78, 5) is 8.46. The number of aromatic nitrogens is 2. The van der Waals surface area contributed by atoms with Gasteiger partial charge in [-0.1, -0.05) is 6.08 Å². The molecule has 0 spiro atoms. The first-order valence-corrected chi connectivity index (χ1v) is 3.89. The lowest BCUT2D eigenvalue weighted by Crippen LogP contribution is -2.04. The van der Waals surface area contributed by atoms with Crippen molar-refractivity contribution in [3.63, 3.8) is 0 Å². The lowest BCUT2D eigenvalue weighted by atomic mass is 10.4. The Morgan fingerprint density at radius 2 is 2.33 bits per heavy atom. The molecule has 3 heteroatoms. The molecule has 1 rings (SSSR count). The van der Waals surface area contributed by atoms with Gasteiger partial charge in [-0.05, 0) is 13.8 Å². The number of anilines is 1. The van der Waals surface area contributed by atoms with Crippen molar-refractivity contribution in [3.05, 3.63) is 30.2 Å². The summed E-state index contributed by atoms with van der Waals surface area (Å²) in [6.07, 6.45) is 3.55. The van der Waals surface area contributed by atoms with Crippen LogP contribution in [0.3, 0.4) is 0 Å². The van der Waals surface area contributed by atoms with Gasteiger partial charge in [0.05, 0.1) is 11.4 Å². The second kappa shape index (κ2) is 3.85. The van der Waals surface area contributed by atoms with E-state index in [9.17, 15) is 0 Å². The molecular weight excluding hydrogens is 150 g/mol. The minimum absolute atomic E-state index is 0.721. The number of hydrogen-bond donors (Lipinski definition) is 1. The Kier molecular flexibility index (Phi) is 2.80. The number of aryl methyl sites for hydroxylation is 2. The molecule has 0 saturated carbocycles. The van der Waals surface area contributed by atoms with Crippen LogP contribution in [-0.4, -0.2) is 16.5 Å². The lowest BCUT2D eigenvalue weighted by molar-refractivity contribution is 1.05. The SMILES string of the molecule is C=CCNc1nc(C)cnc1C. The third-order valence-corrected chi connectivity index (χ3v) is 1.49. The Labute approximate surface area is 72.6 Å². The van der Waals surface area contributed by atoms with Gasteiger partial charge in [-0.15, -0.1) is 6.58 Å². The van der Waals surface area contributed by atoms with Crippen LogP contribution in [0.1, 0.15) is 11.4 Å². The van der Waals surface area contributed by atoms with E-state index in [1.165, 1.54) is 0 Å². The van der Waals surface area contributed by atoms with E-state index in [0.717, 1.165) is 23.8 Å². The maximum absolute atomic E-state index is 4.29. The Bertz CT molecular complexity index is 281. The van der Waals surface area contributed by atoms with Crippen molar-refractivity contribution in [2.24, 2.45) is 0 Å². The van der Waals surface area contributed by atoms with Crippen molar-refractivity contribution in [1.82, 2.24) is 9.97 Å². The van der Waals surface area contributed by atoms with E-state index in [-0.39, 0.29) is 0 Å². The van der Waals surface area contributed by atoms with E-state index in [0.29, 0.717) is 0 Å². The van der Waals surface area contributed by atoms with Crippen LogP contribution >= 0.6 is 0 Å². The van der Waals surface area contributed by atoms with Gasteiger partial charge in [0.15, 0.2) is 0 Å². The van der Waals surface area contributed by atoms with Crippen molar-refractivity contribution in [3.8, 4) is 0 Å². The first kappa shape index (κ1) is 8.71. The largest absolute Gasteiger partial charge is 0.365 e. The number of nitrogens with zero attached hydrogens (tertiary/aromatic N) is 2. The first-order valence-electron chi connectivity index (χ1n) is 3.89. The monoisotopic (exact) mass is 163 g/mol. The molecule has 0 bridgehead atoms. The molecule has 0 aliphatic rings. The Balaban J connectivity index is 2.82. The van der Waals surface area contributed by atoms with Crippen molar-refractivity contribution in [2.75, 3.05) is 11.9 Å². The van der Waals surface area contributed by atoms with Gasteiger partial charge in [-0.2, -0.15) is 0 Å². The van der Waals surface area contributed by atoms with E-state index in [1.54, 1.807) is 12.3 Å². The third-order valence-electron chi connectivity index (χ3n) is 1.49. The zero-order valence-corrected chi connectivity index (χ0v) is 7.46. The van der Waals surface area contributed by atoms with Crippen LogP contribution in [0.15, 0.2) is 18.9 Å². The van der Waals surface area contributed by atoms with Crippen LogP contribution in [0.25, 0.3) is 0 Å². The second-order valence-electron chi connectivity index (χ2n) is 2.61. The summed E-state index contributed by atoms with van der Waals surface area (Å²) >= 11 is 0. The van der Waals surface area contributed by atoms with Crippen LogP contribution in [-0.2, 0) is 0 Å². The average Bonchev–Trinajstić information content (AvgIpc) is 2.07. The smallest absolute Gasteiger partial charge is 0.147 e. The van der Waals surface area contributed by atoms with Crippen molar-refractivity contribution in [1.29, 1.82) is 0 Å². The standard InChI is InChI=1S/C9H13N3/c1-4-5-10-9-8(3)11-6-7(2)12-9/h4,6H,1,5H2,2-3H3,(H,10,12). The summed E-state index contributed by atoms with van der Waals surface area (Å²) in [6.45, 7) is 8.19. The summed E-state index contributed by atoms with van der Waals surface area (Å²) in [7, 11) is 0. The fourth-order valence-electron chi connectivity index (χ4n) is 0.874. The molecule has 3 nitrogen and oxygen atoms in total. The molecule has 64 valence electrons. The molecule has 0 unspecified atom stereocenters. The van der Waals surface area contributed by atoms with Crippen molar-refractivity contribution >= 4 is 5.82 Å². The summed E-state index contributed by atoms with van der Waals surface area (Å²) in [5, 5.41) is 3.11. The topological polar surface area (TPSA) is 37.8 Å². The predicted octanol–water partition coefficient (Wildman–Crippen LogP) is 1.69. The van der Waals surface area contributed by atoms with Crippen LogP contribution in [0.5, 0.6) is 0 Å². The predicted molar refractivity (Wildman–Crippen MR) is 50.2 cm³/mol. The van der Waals surface area contributed by atoms with Crippen LogP contribution in [0.2, 0.25) is 0 Å². The van der Waals surface area contributed by atoms with Crippen LogP contribution in [0.4, 0.5) is 5.82 Å². The molecule has 1 heterocycles. The van der Waals surface area contributed by atoms with E-state index in [2.05, 4.69) is 21.9 Å². The Morgan fingerprint density at radius 1 is 1.58 bits per heavy atom. The quantitative estimate of drug-likeness (QED) is 0.689. The molecule has 12 heavy (non-hydrogen) atoms. The molecule has 1 N–H and O–H groups in total. The molecule has 0 fully saturated rings. The second-order valence-corrected chi connectivity index (χ2v) is 2.61. The Hall–Kier alpha value is -1.38. The van der Waals surface area contributed by atoms with Gasteiger partial charge in [0.2, 0.25) is 0 Å². The molecule has 0 aromatic carbocycles. The van der Waals surface area contributed by atoms with Gasteiger partial charge in [-0.3, -0.25) is 4.98 Å². The van der Waals surface area contributed by atoms with Gasteiger partial charge in [0.25, 0.3) is 0 Å². The van der Waals surface area contributed by atoms with Crippen molar-refractivity contribution < 1.29 is 0 Å². The summed E-state index contributed by atoms with van der Waals surface area (Å²) in [5.41, 5.74) is 1.84. The molecule has 0 atom stereocenters. The minimum atomic E-state index is 0.721. The van der Waals surface area contributed by atoms with E-state index in [4.69, 9.17) is 0 Å². The van der Waals surface area contributed by atoms with E-state index < -0.39 is 0 Å². The summed E-state index contributed by atoms with van der Waals surface area (Å²) < 4.78 is 0. The van der Waals surface area contributed by atoms with Gasteiger partial charge in [0, 0.05) is 12.7 Å². The lowest BCUT2D eigenvalue weighted by Gasteiger charge is -2.05. The first-order chi connectivity index (χ1) is 5.74. The highest BCUT2D eigenvalue weighted by molar-refractivity contribution is 5.39. The van der Waals surface area contributed by atoms with Crippen molar-refractivity contribution in [2.45, 2.75) is 13.8 Å². The maximum atomic E-state index is 4.29. The minimum Gasteiger partial charge on any atom is -0.365 e. The molecular formula is C9H13N3. The molecule has 0 aliphatic heterocycles. The molecule has 0 radical (unpaired) electrons. The average molecular weight is 163 g/mol. The third kappa shape index (κ3) is 2.05. The van der Waals surface area contributed by atoms with E-state index in [1.807, 2.05) is 13.8 Å². The van der Waals surface area contributed by atoms with Gasteiger partial charge in [-0.25, -0.2) is 4.98 Å². The van der Waals surface area contributed by atoms with E-state index >= 15 is 0 Å². The molecule has 0 aliphatic carbocycles. The fraction of sp³-hybridized carbons (Fsp3) is 0.333. The number of rotatable bonds is 3. The highest BCUT2D eigenvalue weighted by atomic mass is 15.0. The number of nitrogens with one attached hydrogen (secondary N) is 1. The molecule has 1 aromatic heterocycles.